The van der Waals surface area contributed by atoms with Crippen LogP contribution in [0.15, 0.2) is 0 Å². The van der Waals surface area contributed by atoms with E-state index >= 15 is 0 Å². The van der Waals surface area contributed by atoms with Crippen molar-refractivity contribution in [1.29, 1.82) is 0 Å². The Balaban J connectivity index is 2.67. The molecule has 2 unspecified atom stereocenters. The van der Waals surface area contributed by atoms with E-state index in [4.69, 9.17) is 18.0 Å². The molecule has 0 radical (unpaired) electrons. The standard InChI is InChI=1S/C12H22N2OS2/c1-4-14(8-9(2)10(13)16)11(15)12(3)6-5-7-17-12/h9H,4-8H2,1-3H3,(H2,13,16). The van der Waals surface area contributed by atoms with Crippen LogP contribution in [0.3, 0.4) is 0 Å². The number of thioether (sulfide) groups is 1. The second kappa shape index (κ2) is 6.05. The van der Waals surface area contributed by atoms with Crippen molar-refractivity contribution in [3.05, 3.63) is 0 Å². The summed E-state index contributed by atoms with van der Waals surface area (Å²) in [5.74, 6) is 1.42. The zero-order chi connectivity index (χ0) is 13.1. The van der Waals surface area contributed by atoms with E-state index in [0.717, 1.165) is 25.1 Å². The molecule has 0 bridgehead atoms. The highest BCUT2D eigenvalue weighted by molar-refractivity contribution is 8.01. The van der Waals surface area contributed by atoms with Crippen LogP contribution in [0.4, 0.5) is 0 Å². The molecule has 98 valence electrons. The van der Waals surface area contributed by atoms with Crippen LogP contribution in [-0.4, -0.2) is 39.4 Å². The fourth-order valence-corrected chi connectivity index (χ4v) is 3.41. The molecular formula is C12H22N2OS2. The summed E-state index contributed by atoms with van der Waals surface area (Å²) in [6, 6.07) is 0. The molecule has 1 aliphatic heterocycles. The maximum atomic E-state index is 12.5. The largest absolute Gasteiger partial charge is 0.393 e. The molecule has 0 aromatic rings. The molecule has 1 amide bonds. The van der Waals surface area contributed by atoms with E-state index in [2.05, 4.69) is 6.92 Å². The van der Waals surface area contributed by atoms with Gasteiger partial charge in [0.25, 0.3) is 0 Å². The van der Waals surface area contributed by atoms with Crippen LogP contribution in [0.5, 0.6) is 0 Å². The van der Waals surface area contributed by atoms with Crippen LogP contribution >= 0.6 is 24.0 Å². The number of thiocarbonyl (C=S) groups is 1. The van der Waals surface area contributed by atoms with Gasteiger partial charge in [0, 0.05) is 19.0 Å². The normalized spacial score (nSPS) is 25.6. The number of carbonyl (C=O) groups is 1. The van der Waals surface area contributed by atoms with Crippen LogP contribution in [-0.2, 0) is 4.79 Å². The lowest BCUT2D eigenvalue weighted by atomic mass is 10.0. The number of carbonyl (C=O) groups excluding carboxylic acids is 1. The lowest BCUT2D eigenvalue weighted by Gasteiger charge is -2.32. The average Bonchev–Trinajstić information content (AvgIpc) is 2.72. The molecule has 1 rings (SSSR count). The first-order valence-corrected chi connectivity index (χ1v) is 7.52. The number of nitrogens with two attached hydrogens (primary N) is 1. The number of hydrogen-bond acceptors (Lipinski definition) is 3. The summed E-state index contributed by atoms with van der Waals surface area (Å²) >= 11 is 6.74. The van der Waals surface area contributed by atoms with E-state index in [1.807, 2.05) is 18.7 Å². The summed E-state index contributed by atoms with van der Waals surface area (Å²) < 4.78 is -0.230. The third-order valence-corrected chi connectivity index (χ3v) is 5.23. The molecule has 0 aliphatic carbocycles. The molecule has 1 aliphatic rings. The second-order valence-corrected chi connectivity index (χ2v) is 6.90. The van der Waals surface area contributed by atoms with Gasteiger partial charge in [0.05, 0.1) is 9.74 Å². The SMILES string of the molecule is CCN(CC(C)C(N)=S)C(=O)C1(C)CCCS1. The highest BCUT2D eigenvalue weighted by Gasteiger charge is 2.39. The second-order valence-electron chi connectivity index (χ2n) is 4.83. The molecule has 0 spiro atoms. The van der Waals surface area contributed by atoms with Gasteiger partial charge in [0.1, 0.15) is 0 Å². The van der Waals surface area contributed by atoms with Crippen molar-refractivity contribution < 1.29 is 4.79 Å². The Labute approximate surface area is 113 Å². The van der Waals surface area contributed by atoms with Crippen molar-refractivity contribution in [2.24, 2.45) is 11.7 Å². The van der Waals surface area contributed by atoms with Crippen LogP contribution < -0.4 is 5.73 Å². The zero-order valence-corrected chi connectivity index (χ0v) is 12.5. The van der Waals surface area contributed by atoms with Crippen LogP contribution in [0.25, 0.3) is 0 Å². The van der Waals surface area contributed by atoms with Crippen LogP contribution in [0, 0.1) is 5.92 Å². The Morgan fingerprint density at radius 3 is 2.71 bits per heavy atom. The smallest absolute Gasteiger partial charge is 0.238 e. The van der Waals surface area contributed by atoms with E-state index in [-0.39, 0.29) is 16.6 Å². The molecule has 1 saturated heterocycles. The van der Waals surface area contributed by atoms with Gasteiger partial charge in [-0.2, -0.15) is 0 Å². The molecular weight excluding hydrogens is 252 g/mol. The van der Waals surface area contributed by atoms with Gasteiger partial charge in [0.2, 0.25) is 5.91 Å². The van der Waals surface area contributed by atoms with E-state index in [0.29, 0.717) is 11.5 Å². The summed E-state index contributed by atoms with van der Waals surface area (Å²) in [6.45, 7) is 7.40. The Kier molecular flexibility index (Phi) is 5.25. The van der Waals surface area contributed by atoms with Crippen molar-refractivity contribution in [3.8, 4) is 0 Å². The molecule has 1 heterocycles. The minimum atomic E-state index is -0.230. The summed E-state index contributed by atoms with van der Waals surface area (Å²) in [5, 5.41) is 0. The first-order chi connectivity index (χ1) is 7.90. The predicted octanol–water partition coefficient (Wildman–Crippen LogP) is 2.04. The fraction of sp³-hybridized carbons (Fsp3) is 0.833. The van der Waals surface area contributed by atoms with E-state index in [1.54, 1.807) is 11.8 Å². The van der Waals surface area contributed by atoms with Gasteiger partial charge in [0.15, 0.2) is 0 Å². The van der Waals surface area contributed by atoms with E-state index in [9.17, 15) is 4.79 Å². The molecule has 2 N–H and O–H groups in total. The molecule has 5 heteroatoms. The fourth-order valence-electron chi connectivity index (χ4n) is 2.06. The minimum absolute atomic E-state index is 0.0869. The van der Waals surface area contributed by atoms with Gasteiger partial charge in [-0.3, -0.25) is 4.79 Å². The summed E-state index contributed by atoms with van der Waals surface area (Å²) in [4.78, 5) is 14.9. The molecule has 17 heavy (non-hydrogen) atoms. The van der Waals surface area contributed by atoms with Crippen LogP contribution in [0.2, 0.25) is 0 Å². The first kappa shape index (κ1) is 14.8. The maximum absolute atomic E-state index is 12.5. The van der Waals surface area contributed by atoms with Crippen molar-refractivity contribution in [2.75, 3.05) is 18.8 Å². The van der Waals surface area contributed by atoms with Crippen molar-refractivity contribution in [3.63, 3.8) is 0 Å². The molecule has 3 nitrogen and oxygen atoms in total. The highest BCUT2D eigenvalue weighted by Crippen LogP contribution is 2.39. The first-order valence-electron chi connectivity index (χ1n) is 6.13. The molecule has 0 aromatic carbocycles. The highest BCUT2D eigenvalue weighted by atomic mass is 32.2. The van der Waals surface area contributed by atoms with Gasteiger partial charge >= 0.3 is 0 Å². The van der Waals surface area contributed by atoms with E-state index < -0.39 is 0 Å². The van der Waals surface area contributed by atoms with Crippen molar-refractivity contribution in [1.82, 2.24) is 4.90 Å². The van der Waals surface area contributed by atoms with E-state index in [1.165, 1.54) is 0 Å². The van der Waals surface area contributed by atoms with Gasteiger partial charge in [-0.05, 0) is 32.4 Å². The Bertz CT molecular complexity index is 301. The number of nitrogens with zero attached hydrogens (tertiary/aromatic N) is 1. The van der Waals surface area contributed by atoms with Crippen molar-refractivity contribution in [2.45, 2.75) is 38.4 Å². The number of hydrogen-bond donors (Lipinski definition) is 1. The summed E-state index contributed by atoms with van der Waals surface area (Å²) in [5.41, 5.74) is 5.61. The molecule has 0 saturated carbocycles. The number of amides is 1. The summed E-state index contributed by atoms with van der Waals surface area (Å²) in [6.07, 6.45) is 2.11. The van der Waals surface area contributed by atoms with Crippen LogP contribution in [0.1, 0.15) is 33.6 Å². The van der Waals surface area contributed by atoms with Gasteiger partial charge in [-0.25, -0.2) is 0 Å². The molecule has 0 aromatic heterocycles. The van der Waals surface area contributed by atoms with Gasteiger partial charge < -0.3 is 10.6 Å². The Morgan fingerprint density at radius 1 is 1.65 bits per heavy atom. The lowest BCUT2D eigenvalue weighted by Crippen LogP contribution is -2.46. The zero-order valence-electron chi connectivity index (χ0n) is 10.9. The Morgan fingerprint density at radius 2 is 2.29 bits per heavy atom. The summed E-state index contributed by atoms with van der Waals surface area (Å²) in [7, 11) is 0. The third-order valence-electron chi connectivity index (χ3n) is 3.32. The van der Waals surface area contributed by atoms with Gasteiger partial charge in [-0.1, -0.05) is 19.1 Å². The third kappa shape index (κ3) is 3.58. The average molecular weight is 274 g/mol. The monoisotopic (exact) mass is 274 g/mol. The van der Waals surface area contributed by atoms with Crippen molar-refractivity contribution >= 4 is 34.9 Å². The Hall–Kier alpha value is -0.290. The van der Waals surface area contributed by atoms with Gasteiger partial charge in [-0.15, -0.1) is 11.8 Å². The maximum Gasteiger partial charge on any atom is 0.238 e. The molecule has 1 fully saturated rings. The quantitative estimate of drug-likeness (QED) is 0.779. The molecule has 2 atom stereocenters. The lowest BCUT2D eigenvalue weighted by molar-refractivity contribution is -0.133. The minimum Gasteiger partial charge on any atom is -0.393 e. The topological polar surface area (TPSA) is 46.3 Å². The predicted molar refractivity (Wildman–Crippen MR) is 78.3 cm³/mol. The number of rotatable bonds is 5.